The minimum atomic E-state index is -3.02. The maximum atomic E-state index is 11.1. The average molecular weight is 314 g/mol. The van der Waals surface area contributed by atoms with Crippen LogP contribution in [0.1, 0.15) is 18.3 Å². The number of nitrogens with zero attached hydrogens (tertiary/aromatic N) is 1. The normalized spacial score (nSPS) is 13.3. The van der Waals surface area contributed by atoms with Crippen molar-refractivity contribution in [3.8, 4) is 11.3 Å². The molecule has 0 saturated carbocycles. The number of halogens is 1. The van der Waals surface area contributed by atoms with Gasteiger partial charge in [-0.05, 0) is 18.6 Å². The van der Waals surface area contributed by atoms with E-state index < -0.39 is 15.9 Å². The molecule has 1 atom stereocenters. The maximum Gasteiger partial charge on any atom is 0.147 e. The zero-order valence-corrected chi connectivity index (χ0v) is 12.6. The summed E-state index contributed by atoms with van der Waals surface area (Å²) in [7, 11) is -3.02. The van der Waals surface area contributed by atoms with Gasteiger partial charge >= 0.3 is 0 Å². The summed E-state index contributed by atoms with van der Waals surface area (Å²) in [5, 5.41) is 0.639. The summed E-state index contributed by atoms with van der Waals surface area (Å²) in [5.41, 5.74) is 7.65. The van der Waals surface area contributed by atoms with E-state index in [0.717, 1.165) is 11.3 Å². The molecule has 5 nitrogen and oxygen atoms in total. The van der Waals surface area contributed by atoms with E-state index in [4.69, 9.17) is 17.3 Å². The van der Waals surface area contributed by atoms with Gasteiger partial charge in [0, 0.05) is 16.8 Å². The van der Waals surface area contributed by atoms with E-state index in [-0.39, 0.29) is 5.75 Å². The van der Waals surface area contributed by atoms with Crippen molar-refractivity contribution >= 4 is 21.4 Å². The van der Waals surface area contributed by atoms with Crippen molar-refractivity contribution in [1.82, 2.24) is 9.97 Å². The van der Waals surface area contributed by atoms with Gasteiger partial charge < -0.3 is 10.7 Å². The Morgan fingerprint density at radius 3 is 2.85 bits per heavy atom. The van der Waals surface area contributed by atoms with E-state index >= 15 is 0 Å². The lowest BCUT2D eigenvalue weighted by Gasteiger charge is -2.07. The molecule has 0 bridgehead atoms. The van der Waals surface area contributed by atoms with Gasteiger partial charge in [-0.2, -0.15) is 0 Å². The first-order chi connectivity index (χ1) is 9.35. The van der Waals surface area contributed by atoms with Gasteiger partial charge in [-0.25, -0.2) is 13.4 Å². The summed E-state index contributed by atoms with van der Waals surface area (Å²) >= 11 is 5.94. The molecule has 2 aromatic rings. The van der Waals surface area contributed by atoms with E-state index in [1.165, 1.54) is 6.26 Å². The molecule has 0 aliphatic heterocycles. The van der Waals surface area contributed by atoms with Crippen LogP contribution in [0.2, 0.25) is 5.02 Å². The Kier molecular flexibility index (Phi) is 4.47. The number of hydrogen-bond donors (Lipinski definition) is 2. The lowest BCUT2D eigenvalue weighted by molar-refractivity contribution is 0.588. The molecule has 0 amide bonds. The summed E-state index contributed by atoms with van der Waals surface area (Å²) < 4.78 is 22.3. The molecule has 0 aliphatic rings. The lowest BCUT2D eigenvalue weighted by Crippen LogP contribution is -2.16. The topological polar surface area (TPSA) is 88.8 Å². The SMILES string of the molecule is CS(=O)(=O)CCC(N)c1ncc(-c2cccc(Cl)c2)[nH]1. The molecule has 108 valence electrons. The van der Waals surface area contributed by atoms with Crippen LogP contribution in [-0.4, -0.2) is 30.4 Å². The zero-order valence-electron chi connectivity index (χ0n) is 11.0. The van der Waals surface area contributed by atoms with Crippen molar-refractivity contribution in [2.45, 2.75) is 12.5 Å². The predicted octanol–water partition coefficient (Wildman–Crippen LogP) is 2.16. The molecule has 0 fully saturated rings. The number of aromatic amines is 1. The van der Waals surface area contributed by atoms with Gasteiger partial charge in [-0.1, -0.05) is 23.7 Å². The van der Waals surface area contributed by atoms with Gasteiger partial charge in [0.1, 0.15) is 15.7 Å². The minimum absolute atomic E-state index is 0.0430. The number of benzene rings is 1. The van der Waals surface area contributed by atoms with Crippen LogP contribution in [0.15, 0.2) is 30.5 Å². The van der Waals surface area contributed by atoms with Gasteiger partial charge in [-0.15, -0.1) is 0 Å². The third-order valence-electron chi connectivity index (χ3n) is 2.88. The summed E-state index contributed by atoms with van der Waals surface area (Å²) in [6.45, 7) is 0. The molecule has 1 heterocycles. The van der Waals surface area contributed by atoms with Gasteiger partial charge in [0.05, 0.1) is 23.7 Å². The molecule has 3 N–H and O–H groups in total. The van der Waals surface area contributed by atoms with Crippen molar-refractivity contribution in [1.29, 1.82) is 0 Å². The third-order valence-corrected chi connectivity index (χ3v) is 4.09. The second-order valence-corrected chi connectivity index (χ2v) is 7.41. The van der Waals surface area contributed by atoms with Gasteiger partial charge in [0.25, 0.3) is 0 Å². The highest BCUT2D eigenvalue weighted by Crippen LogP contribution is 2.22. The Morgan fingerprint density at radius 1 is 1.45 bits per heavy atom. The van der Waals surface area contributed by atoms with Crippen molar-refractivity contribution in [2.75, 3.05) is 12.0 Å². The molecule has 1 unspecified atom stereocenters. The van der Waals surface area contributed by atoms with Gasteiger partial charge in [0.2, 0.25) is 0 Å². The fraction of sp³-hybridized carbons (Fsp3) is 0.308. The van der Waals surface area contributed by atoms with Gasteiger partial charge in [-0.3, -0.25) is 0 Å². The second-order valence-electron chi connectivity index (χ2n) is 4.72. The number of hydrogen-bond acceptors (Lipinski definition) is 4. The Balaban J connectivity index is 2.12. The third kappa shape index (κ3) is 4.06. The smallest absolute Gasteiger partial charge is 0.147 e. The summed E-state index contributed by atoms with van der Waals surface area (Å²) in [4.78, 5) is 7.31. The molecule has 0 aliphatic carbocycles. The van der Waals surface area contributed by atoms with Gasteiger partial charge in [0.15, 0.2) is 0 Å². The Hall–Kier alpha value is -1.37. The average Bonchev–Trinajstić information content (AvgIpc) is 2.84. The first-order valence-corrected chi connectivity index (χ1v) is 8.53. The number of nitrogens with two attached hydrogens (primary N) is 1. The first kappa shape index (κ1) is 15.0. The first-order valence-electron chi connectivity index (χ1n) is 6.09. The highest BCUT2D eigenvalue weighted by Gasteiger charge is 2.14. The van der Waals surface area contributed by atoms with Crippen molar-refractivity contribution in [3.05, 3.63) is 41.3 Å². The van der Waals surface area contributed by atoms with E-state index in [9.17, 15) is 8.42 Å². The van der Waals surface area contributed by atoms with Crippen LogP contribution in [0.25, 0.3) is 11.3 Å². The van der Waals surface area contributed by atoms with Crippen LogP contribution in [0.3, 0.4) is 0 Å². The molecular weight excluding hydrogens is 298 g/mol. The summed E-state index contributed by atoms with van der Waals surface area (Å²) in [6.07, 6.45) is 3.20. The fourth-order valence-corrected chi connectivity index (χ4v) is 2.68. The predicted molar refractivity (Wildman–Crippen MR) is 80.3 cm³/mol. The van der Waals surface area contributed by atoms with E-state index in [1.54, 1.807) is 12.3 Å². The van der Waals surface area contributed by atoms with Crippen LogP contribution in [-0.2, 0) is 9.84 Å². The number of nitrogens with one attached hydrogen (secondary N) is 1. The number of imidazole rings is 1. The van der Waals surface area contributed by atoms with Crippen molar-refractivity contribution in [2.24, 2.45) is 5.73 Å². The molecule has 1 aromatic heterocycles. The van der Waals surface area contributed by atoms with Crippen LogP contribution in [0.5, 0.6) is 0 Å². The zero-order chi connectivity index (χ0) is 14.8. The Labute approximate surface area is 123 Å². The molecule has 1 aromatic carbocycles. The van der Waals surface area contributed by atoms with Crippen molar-refractivity contribution < 1.29 is 8.42 Å². The number of rotatable bonds is 5. The second kappa shape index (κ2) is 5.95. The number of H-pyrrole nitrogens is 1. The van der Waals surface area contributed by atoms with E-state index in [1.807, 2.05) is 18.2 Å². The molecule has 7 heteroatoms. The van der Waals surface area contributed by atoms with Crippen LogP contribution in [0.4, 0.5) is 0 Å². The van der Waals surface area contributed by atoms with Crippen LogP contribution in [0, 0.1) is 0 Å². The quantitative estimate of drug-likeness (QED) is 0.885. The summed E-state index contributed by atoms with van der Waals surface area (Å²) in [6, 6.07) is 6.94. The Bertz CT molecular complexity index is 697. The number of sulfone groups is 1. The minimum Gasteiger partial charge on any atom is -0.341 e. The molecule has 0 radical (unpaired) electrons. The standard InChI is InChI=1S/C13H16ClN3O2S/c1-20(18,19)6-5-11(15)13-16-8-12(17-13)9-3-2-4-10(14)7-9/h2-4,7-8,11H,5-6,15H2,1H3,(H,16,17). The maximum absolute atomic E-state index is 11.1. The lowest BCUT2D eigenvalue weighted by atomic mass is 10.2. The largest absolute Gasteiger partial charge is 0.341 e. The van der Waals surface area contributed by atoms with Crippen LogP contribution >= 0.6 is 11.6 Å². The molecular formula is C13H16ClN3O2S. The monoisotopic (exact) mass is 313 g/mol. The fourth-order valence-electron chi connectivity index (χ4n) is 1.81. The summed E-state index contributed by atoms with van der Waals surface area (Å²) in [5.74, 6) is 0.616. The van der Waals surface area contributed by atoms with Crippen LogP contribution < -0.4 is 5.73 Å². The molecule has 0 spiro atoms. The number of aromatic nitrogens is 2. The van der Waals surface area contributed by atoms with E-state index in [0.29, 0.717) is 17.3 Å². The Morgan fingerprint density at radius 2 is 2.20 bits per heavy atom. The molecule has 0 saturated heterocycles. The molecule has 20 heavy (non-hydrogen) atoms. The molecule has 2 rings (SSSR count). The van der Waals surface area contributed by atoms with Crippen molar-refractivity contribution in [3.63, 3.8) is 0 Å². The van der Waals surface area contributed by atoms with E-state index in [2.05, 4.69) is 9.97 Å². The highest BCUT2D eigenvalue weighted by atomic mass is 35.5. The highest BCUT2D eigenvalue weighted by molar-refractivity contribution is 7.90.